The number of hydrogen-bond acceptors (Lipinski definition) is 3. The monoisotopic (exact) mass is 272 g/mol. The van der Waals surface area contributed by atoms with Gasteiger partial charge in [0.25, 0.3) is 0 Å². The summed E-state index contributed by atoms with van der Waals surface area (Å²) in [6.07, 6.45) is 0. The molecule has 3 nitrogen and oxygen atoms in total. The van der Waals surface area contributed by atoms with Crippen LogP contribution in [0.25, 0.3) is 0 Å². The molecule has 0 spiro atoms. The van der Waals surface area contributed by atoms with Gasteiger partial charge in [0.2, 0.25) is 0 Å². The Balaban J connectivity index is 2.00. The van der Waals surface area contributed by atoms with Crippen molar-refractivity contribution < 1.29 is 4.52 Å². The summed E-state index contributed by atoms with van der Waals surface area (Å²) in [5.41, 5.74) is 4.82. The van der Waals surface area contributed by atoms with Crippen LogP contribution >= 0.6 is 0 Å². The highest BCUT2D eigenvalue weighted by Crippen LogP contribution is 2.19. The molecular formula is C17H24N2O. The lowest BCUT2D eigenvalue weighted by Gasteiger charge is -2.15. The van der Waals surface area contributed by atoms with Crippen molar-refractivity contribution in [2.45, 2.75) is 53.1 Å². The minimum Gasteiger partial charge on any atom is -0.361 e. The van der Waals surface area contributed by atoms with E-state index in [9.17, 15) is 0 Å². The highest BCUT2D eigenvalue weighted by atomic mass is 16.5. The smallest absolute Gasteiger partial charge is 0.138 e. The van der Waals surface area contributed by atoms with Crippen molar-refractivity contribution in [1.82, 2.24) is 10.5 Å². The molecule has 108 valence electrons. The first-order valence-electron chi connectivity index (χ1n) is 7.24. The number of aromatic nitrogens is 1. The molecule has 0 amide bonds. The Bertz CT molecular complexity index is 535. The second kappa shape index (κ2) is 6.23. The molecule has 0 fully saturated rings. The van der Waals surface area contributed by atoms with Crippen molar-refractivity contribution in [3.63, 3.8) is 0 Å². The molecule has 2 aromatic rings. The van der Waals surface area contributed by atoms with E-state index >= 15 is 0 Å². The first kappa shape index (κ1) is 14.8. The minimum atomic E-state index is 0.310. The van der Waals surface area contributed by atoms with Gasteiger partial charge in [-0.15, -0.1) is 0 Å². The molecule has 2 rings (SSSR count). The third-order valence-corrected chi connectivity index (χ3v) is 3.87. The van der Waals surface area contributed by atoms with Gasteiger partial charge in [-0.1, -0.05) is 43.3 Å². The largest absolute Gasteiger partial charge is 0.361 e. The summed E-state index contributed by atoms with van der Waals surface area (Å²) >= 11 is 0. The SMILES string of the molecule is Cc1noc(C)c1CNC(C)c1ccc(C(C)C)cc1. The lowest BCUT2D eigenvalue weighted by molar-refractivity contribution is 0.391. The summed E-state index contributed by atoms with van der Waals surface area (Å²) in [6, 6.07) is 9.16. The van der Waals surface area contributed by atoms with Crippen LogP contribution < -0.4 is 5.32 Å². The maximum absolute atomic E-state index is 5.19. The van der Waals surface area contributed by atoms with Crippen molar-refractivity contribution in [2.75, 3.05) is 0 Å². The average Bonchev–Trinajstić information content (AvgIpc) is 2.75. The molecule has 1 N–H and O–H groups in total. The second-order valence-corrected chi connectivity index (χ2v) is 5.73. The summed E-state index contributed by atoms with van der Waals surface area (Å²) in [6.45, 7) is 11.3. The Labute approximate surface area is 121 Å². The summed E-state index contributed by atoms with van der Waals surface area (Å²) in [4.78, 5) is 0. The molecule has 1 aromatic carbocycles. The van der Waals surface area contributed by atoms with E-state index in [1.165, 1.54) is 11.1 Å². The minimum absolute atomic E-state index is 0.310. The molecule has 0 saturated heterocycles. The number of hydrogen-bond donors (Lipinski definition) is 1. The Hall–Kier alpha value is -1.61. The molecule has 1 aromatic heterocycles. The van der Waals surface area contributed by atoms with E-state index < -0.39 is 0 Å². The third-order valence-electron chi connectivity index (χ3n) is 3.87. The van der Waals surface area contributed by atoms with Gasteiger partial charge in [-0.2, -0.15) is 0 Å². The van der Waals surface area contributed by atoms with E-state index in [-0.39, 0.29) is 0 Å². The molecule has 0 bridgehead atoms. The third kappa shape index (κ3) is 3.28. The Morgan fingerprint density at radius 1 is 1.05 bits per heavy atom. The predicted molar refractivity (Wildman–Crippen MR) is 81.8 cm³/mol. The Morgan fingerprint density at radius 2 is 1.65 bits per heavy atom. The van der Waals surface area contributed by atoms with E-state index in [1.54, 1.807) is 0 Å². The van der Waals surface area contributed by atoms with Crippen LogP contribution in [0.1, 0.15) is 60.9 Å². The van der Waals surface area contributed by atoms with E-state index in [0.717, 1.165) is 23.6 Å². The summed E-state index contributed by atoms with van der Waals surface area (Å²) in [5.74, 6) is 1.48. The van der Waals surface area contributed by atoms with Gasteiger partial charge in [0, 0.05) is 18.2 Å². The van der Waals surface area contributed by atoms with Gasteiger partial charge in [0.15, 0.2) is 0 Å². The Morgan fingerprint density at radius 3 is 2.15 bits per heavy atom. The molecule has 0 radical (unpaired) electrons. The van der Waals surface area contributed by atoms with Gasteiger partial charge in [-0.05, 0) is 37.8 Å². The standard InChI is InChI=1S/C17H24N2O/c1-11(2)15-6-8-16(9-7-15)12(3)18-10-17-13(4)19-20-14(17)5/h6-9,11-12,18H,10H2,1-5H3. The average molecular weight is 272 g/mol. The summed E-state index contributed by atoms with van der Waals surface area (Å²) in [7, 11) is 0. The van der Waals surface area contributed by atoms with Crippen LogP contribution in [0.5, 0.6) is 0 Å². The zero-order chi connectivity index (χ0) is 14.7. The predicted octanol–water partition coefficient (Wildman–Crippen LogP) is 4.27. The zero-order valence-electron chi connectivity index (χ0n) is 13.0. The van der Waals surface area contributed by atoms with Crippen LogP contribution in [0, 0.1) is 13.8 Å². The van der Waals surface area contributed by atoms with Crippen LogP contribution in [0.15, 0.2) is 28.8 Å². The van der Waals surface area contributed by atoms with Crippen LogP contribution in [-0.2, 0) is 6.54 Å². The molecule has 1 atom stereocenters. The van der Waals surface area contributed by atoms with E-state index in [4.69, 9.17) is 4.52 Å². The lowest BCUT2D eigenvalue weighted by atomic mass is 9.99. The Kier molecular flexibility index (Phi) is 4.61. The summed E-state index contributed by atoms with van der Waals surface area (Å²) in [5, 5.41) is 7.51. The molecule has 0 aliphatic heterocycles. The number of rotatable bonds is 5. The number of benzene rings is 1. The molecule has 20 heavy (non-hydrogen) atoms. The van der Waals surface area contributed by atoms with Crippen molar-refractivity contribution in [1.29, 1.82) is 0 Å². The molecule has 0 aliphatic rings. The lowest BCUT2D eigenvalue weighted by Crippen LogP contribution is -2.18. The molecule has 1 heterocycles. The van der Waals surface area contributed by atoms with Crippen molar-refractivity contribution in [2.24, 2.45) is 0 Å². The number of nitrogens with zero attached hydrogens (tertiary/aromatic N) is 1. The van der Waals surface area contributed by atoms with E-state index in [0.29, 0.717) is 12.0 Å². The van der Waals surface area contributed by atoms with Crippen molar-refractivity contribution in [3.05, 3.63) is 52.4 Å². The fraction of sp³-hybridized carbons (Fsp3) is 0.471. The van der Waals surface area contributed by atoms with Crippen molar-refractivity contribution in [3.8, 4) is 0 Å². The number of nitrogens with one attached hydrogen (secondary N) is 1. The van der Waals surface area contributed by atoms with Crippen LogP contribution in [-0.4, -0.2) is 5.16 Å². The first-order valence-corrected chi connectivity index (χ1v) is 7.24. The first-order chi connectivity index (χ1) is 9.49. The van der Waals surface area contributed by atoms with Gasteiger partial charge < -0.3 is 9.84 Å². The molecule has 3 heteroatoms. The molecule has 1 unspecified atom stereocenters. The molecule has 0 aliphatic carbocycles. The maximum atomic E-state index is 5.19. The second-order valence-electron chi connectivity index (χ2n) is 5.73. The quantitative estimate of drug-likeness (QED) is 0.883. The van der Waals surface area contributed by atoms with Gasteiger partial charge in [-0.25, -0.2) is 0 Å². The molecule has 0 saturated carbocycles. The van der Waals surface area contributed by atoms with Gasteiger partial charge in [0.1, 0.15) is 5.76 Å². The maximum Gasteiger partial charge on any atom is 0.138 e. The van der Waals surface area contributed by atoms with E-state index in [1.807, 2.05) is 13.8 Å². The normalized spacial score (nSPS) is 12.9. The summed E-state index contributed by atoms with van der Waals surface area (Å²) < 4.78 is 5.19. The van der Waals surface area contributed by atoms with Gasteiger partial charge in [-0.3, -0.25) is 0 Å². The fourth-order valence-corrected chi connectivity index (χ4v) is 2.30. The number of aryl methyl sites for hydroxylation is 2. The highest BCUT2D eigenvalue weighted by Gasteiger charge is 2.11. The van der Waals surface area contributed by atoms with E-state index in [2.05, 4.69) is 55.5 Å². The van der Waals surface area contributed by atoms with Crippen LogP contribution in [0.2, 0.25) is 0 Å². The van der Waals surface area contributed by atoms with Gasteiger partial charge >= 0.3 is 0 Å². The van der Waals surface area contributed by atoms with Crippen LogP contribution in [0.4, 0.5) is 0 Å². The zero-order valence-corrected chi connectivity index (χ0v) is 13.0. The topological polar surface area (TPSA) is 38.1 Å². The van der Waals surface area contributed by atoms with Gasteiger partial charge in [0.05, 0.1) is 5.69 Å². The molecular weight excluding hydrogens is 248 g/mol. The fourth-order valence-electron chi connectivity index (χ4n) is 2.30. The van der Waals surface area contributed by atoms with Crippen molar-refractivity contribution >= 4 is 0 Å². The highest BCUT2D eigenvalue weighted by molar-refractivity contribution is 5.27. The van der Waals surface area contributed by atoms with Crippen LogP contribution in [0.3, 0.4) is 0 Å².